The third-order valence-electron chi connectivity index (χ3n) is 4.29. The van der Waals surface area contributed by atoms with E-state index in [1.54, 1.807) is 6.26 Å². The van der Waals surface area contributed by atoms with Crippen LogP contribution in [0, 0.1) is 0 Å². The van der Waals surface area contributed by atoms with Gasteiger partial charge in [0, 0.05) is 20.0 Å². The van der Waals surface area contributed by atoms with E-state index in [-0.39, 0.29) is 6.04 Å². The zero-order valence-electron chi connectivity index (χ0n) is 14.2. The van der Waals surface area contributed by atoms with Gasteiger partial charge in [0.05, 0.1) is 23.3 Å². The number of aromatic nitrogens is 5. The Morgan fingerprint density at radius 2 is 2.08 bits per heavy atom. The standard InChI is InChI=1S/C18H20N6O/c1-12(18-20-13-6-3-4-7-14(13)24(18)2)19-10-9-16-21-17(23-22-16)15-8-5-11-25-15/h3-8,11-12,19H,9-10H2,1-2H3,(H,21,22,23)/t12-/m0/s1. The predicted octanol–water partition coefficient (Wildman–Crippen LogP) is 2.84. The highest BCUT2D eigenvalue weighted by atomic mass is 16.3. The average molecular weight is 336 g/mol. The normalized spacial score (nSPS) is 12.7. The molecule has 4 aromatic rings. The summed E-state index contributed by atoms with van der Waals surface area (Å²) in [5.41, 5.74) is 2.16. The highest BCUT2D eigenvalue weighted by molar-refractivity contribution is 5.75. The largest absolute Gasteiger partial charge is 0.461 e. The summed E-state index contributed by atoms with van der Waals surface area (Å²) >= 11 is 0. The van der Waals surface area contributed by atoms with Crippen molar-refractivity contribution >= 4 is 11.0 Å². The van der Waals surface area contributed by atoms with Crippen molar-refractivity contribution < 1.29 is 4.42 Å². The molecule has 3 aromatic heterocycles. The summed E-state index contributed by atoms with van der Waals surface area (Å²) in [4.78, 5) is 9.18. The number of hydrogen-bond acceptors (Lipinski definition) is 5. The Labute approximate surface area is 145 Å². The van der Waals surface area contributed by atoms with Crippen molar-refractivity contribution in [3.05, 3.63) is 54.3 Å². The van der Waals surface area contributed by atoms with E-state index >= 15 is 0 Å². The molecular formula is C18H20N6O. The second-order valence-electron chi connectivity index (χ2n) is 6.03. The fourth-order valence-electron chi connectivity index (χ4n) is 2.97. The Bertz CT molecular complexity index is 969. The van der Waals surface area contributed by atoms with Gasteiger partial charge in [0.2, 0.25) is 5.82 Å². The molecule has 0 bridgehead atoms. The van der Waals surface area contributed by atoms with Gasteiger partial charge >= 0.3 is 0 Å². The molecule has 0 aliphatic carbocycles. The lowest BCUT2D eigenvalue weighted by Crippen LogP contribution is -2.24. The zero-order valence-corrected chi connectivity index (χ0v) is 14.2. The number of hydrogen-bond donors (Lipinski definition) is 2. The molecule has 2 N–H and O–H groups in total. The maximum Gasteiger partial charge on any atom is 0.216 e. The highest BCUT2D eigenvalue weighted by Crippen LogP contribution is 2.19. The fraction of sp³-hybridized carbons (Fsp3) is 0.278. The van der Waals surface area contributed by atoms with Gasteiger partial charge in [-0.15, -0.1) is 0 Å². The van der Waals surface area contributed by atoms with Gasteiger partial charge in [-0.25, -0.2) is 9.97 Å². The number of furan rings is 1. The van der Waals surface area contributed by atoms with Gasteiger partial charge in [-0.1, -0.05) is 12.1 Å². The summed E-state index contributed by atoms with van der Waals surface area (Å²) in [6.45, 7) is 2.90. The van der Waals surface area contributed by atoms with Gasteiger partial charge in [-0.2, -0.15) is 5.10 Å². The van der Waals surface area contributed by atoms with Crippen molar-refractivity contribution in [2.24, 2.45) is 7.05 Å². The fourth-order valence-corrected chi connectivity index (χ4v) is 2.97. The Morgan fingerprint density at radius 1 is 1.20 bits per heavy atom. The minimum atomic E-state index is 0.143. The first kappa shape index (κ1) is 15.6. The lowest BCUT2D eigenvalue weighted by molar-refractivity contribution is 0.532. The molecule has 0 amide bonds. The smallest absolute Gasteiger partial charge is 0.216 e. The SMILES string of the molecule is C[C@H](NCCc1nc(-c2ccco2)n[nH]1)c1nc2ccccc2n1C. The number of aryl methyl sites for hydroxylation is 1. The first-order valence-electron chi connectivity index (χ1n) is 8.32. The predicted molar refractivity (Wildman–Crippen MR) is 94.9 cm³/mol. The summed E-state index contributed by atoms with van der Waals surface area (Å²) in [5.74, 6) is 3.11. The van der Waals surface area contributed by atoms with Gasteiger partial charge in [-0.05, 0) is 31.2 Å². The number of aromatic amines is 1. The van der Waals surface area contributed by atoms with Crippen molar-refractivity contribution in [1.29, 1.82) is 0 Å². The lowest BCUT2D eigenvalue weighted by Gasteiger charge is -2.13. The number of rotatable bonds is 6. The zero-order chi connectivity index (χ0) is 17.2. The summed E-state index contributed by atoms with van der Waals surface area (Å²) < 4.78 is 7.44. The molecule has 0 fully saturated rings. The number of imidazole rings is 1. The highest BCUT2D eigenvalue weighted by Gasteiger charge is 2.14. The first-order valence-corrected chi connectivity index (χ1v) is 8.32. The van der Waals surface area contributed by atoms with E-state index in [1.165, 1.54) is 0 Å². The van der Waals surface area contributed by atoms with E-state index in [2.05, 4.69) is 45.1 Å². The summed E-state index contributed by atoms with van der Waals surface area (Å²) in [6.07, 6.45) is 2.37. The molecule has 128 valence electrons. The molecule has 0 saturated carbocycles. The van der Waals surface area contributed by atoms with Crippen LogP contribution in [0.1, 0.15) is 24.6 Å². The molecule has 0 saturated heterocycles. The molecule has 0 radical (unpaired) electrons. The topological polar surface area (TPSA) is 84.6 Å². The van der Waals surface area contributed by atoms with Crippen LogP contribution in [-0.4, -0.2) is 31.3 Å². The van der Waals surface area contributed by atoms with Crippen LogP contribution in [0.15, 0.2) is 47.1 Å². The number of H-pyrrole nitrogens is 1. The van der Waals surface area contributed by atoms with Crippen LogP contribution < -0.4 is 5.32 Å². The van der Waals surface area contributed by atoms with E-state index in [0.717, 1.165) is 35.6 Å². The molecule has 7 nitrogen and oxygen atoms in total. The maximum atomic E-state index is 5.30. The van der Waals surface area contributed by atoms with Crippen molar-refractivity contribution in [3.8, 4) is 11.6 Å². The summed E-state index contributed by atoms with van der Waals surface area (Å²) in [5, 5.41) is 10.6. The maximum absolute atomic E-state index is 5.30. The van der Waals surface area contributed by atoms with Crippen LogP contribution in [0.25, 0.3) is 22.6 Å². The lowest BCUT2D eigenvalue weighted by atomic mass is 10.3. The van der Waals surface area contributed by atoms with Crippen molar-refractivity contribution in [1.82, 2.24) is 30.0 Å². The number of nitrogens with zero attached hydrogens (tertiary/aromatic N) is 4. The molecule has 3 heterocycles. The molecular weight excluding hydrogens is 316 g/mol. The van der Waals surface area contributed by atoms with Crippen LogP contribution in [0.2, 0.25) is 0 Å². The Balaban J connectivity index is 1.39. The van der Waals surface area contributed by atoms with Gasteiger partial charge in [0.25, 0.3) is 0 Å². The molecule has 0 spiro atoms. The molecule has 0 aliphatic rings. The molecule has 4 rings (SSSR count). The van der Waals surface area contributed by atoms with Gasteiger partial charge in [0.1, 0.15) is 11.6 Å². The summed E-state index contributed by atoms with van der Waals surface area (Å²) in [7, 11) is 2.05. The Kier molecular flexibility index (Phi) is 4.07. The van der Waals surface area contributed by atoms with E-state index in [1.807, 2.05) is 30.3 Å². The second-order valence-corrected chi connectivity index (χ2v) is 6.03. The Morgan fingerprint density at radius 3 is 2.88 bits per heavy atom. The van der Waals surface area contributed by atoms with E-state index < -0.39 is 0 Å². The average Bonchev–Trinajstić information content (AvgIpc) is 3.35. The van der Waals surface area contributed by atoms with E-state index in [4.69, 9.17) is 9.40 Å². The first-order chi connectivity index (χ1) is 12.2. The minimum Gasteiger partial charge on any atom is -0.461 e. The number of para-hydroxylation sites is 2. The third-order valence-corrected chi connectivity index (χ3v) is 4.29. The van der Waals surface area contributed by atoms with Gasteiger partial charge < -0.3 is 14.3 Å². The minimum absolute atomic E-state index is 0.143. The Hall–Kier alpha value is -2.93. The number of benzene rings is 1. The summed E-state index contributed by atoms with van der Waals surface area (Å²) in [6, 6.07) is 12.0. The van der Waals surface area contributed by atoms with Crippen LogP contribution in [0.3, 0.4) is 0 Å². The van der Waals surface area contributed by atoms with Crippen molar-refractivity contribution in [2.75, 3.05) is 6.54 Å². The quantitative estimate of drug-likeness (QED) is 0.565. The molecule has 1 atom stereocenters. The molecule has 25 heavy (non-hydrogen) atoms. The van der Waals surface area contributed by atoms with Gasteiger partial charge in [0.15, 0.2) is 5.76 Å². The number of fused-ring (bicyclic) bond motifs is 1. The van der Waals surface area contributed by atoms with Crippen LogP contribution >= 0.6 is 0 Å². The monoisotopic (exact) mass is 336 g/mol. The van der Waals surface area contributed by atoms with Gasteiger partial charge in [-0.3, -0.25) is 5.10 Å². The van der Waals surface area contributed by atoms with Crippen LogP contribution in [0.5, 0.6) is 0 Å². The van der Waals surface area contributed by atoms with Crippen molar-refractivity contribution in [2.45, 2.75) is 19.4 Å². The molecule has 1 aromatic carbocycles. The molecule has 0 unspecified atom stereocenters. The second kappa shape index (κ2) is 6.52. The van der Waals surface area contributed by atoms with Crippen LogP contribution in [0.4, 0.5) is 0 Å². The molecule has 0 aliphatic heterocycles. The van der Waals surface area contributed by atoms with Crippen molar-refractivity contribution in [3.63, 3.8) is 0 Å². The van der Waals surface area contributed by atoms with E-state index in [0.29, 0.717) is 11.6 Å². The van der Waals surface area contributed by atoms with E-state index in [9.17, 15) is 0 Å². The number of nitrogens with one attached hydrogen (secondary N) is 2. The van der Waals surface area contributed by atoms with Crippen LogP contribution in [-0.2, 0) is 13.5 Å². The third kappa shape index (κ3) is 3.06. The molecule has 7 heteroatoms.